The van der Waals surface area contributed by atoms with E-state index in [0.29, 0.717) is 12.0 Å². The summed E-state index contributed by atoms with van der Waals surface area (Å²) in [4.78, 5) is 2.38. The first-order valence-electron chi connectivity index (χ1n) is 7.59. The summed E-state index contributed by atoms with van der Waals surface area (Å²) in [5.41, 5.74) is 3.06. The minimum absolute atomic E-state index is 0.541. The van der Waals surface area contributed by atoms with Gasteiger partial charge >= 0.3 is 0 Å². The molecular weight excluding hydrogens is 246 g/mol. The second-order valence-electron chi connectivity index (χ2n) is 6.15. The van der Waals surface area contributed by atoms with Gasteiger partial charge in [-0.15, -0.1) is 0 Å². The van der Waals surface area contributed by atoms with Gasteiger partial charge in [0.05, 0.1) is 11.3 Å². The number of rotatable bonds is 4. The standard InChI is InChI=1S/C17H25N3/c1-13(2)19-11-15-5-4-8-20(12-15)17-7-6-14(3)9-16(17)10-18/h6-7,9,13,15,19H,4-5,8,11-12H2,1-3H3. The Hall–Kier alpha value is -1.53. The maximum absolute atomic E-state index is 9.33. The summed E-state index contributed by atoms with van der Waals surface area (Å²) in [6, 6.07) is 9.08. The Kier molecular flexibility index (Phi) is 5.03. The van der Waals surface area contributed by atoms with E-state index in [4.69, 9.17) is 0 Å². The van der Waals surface area contributed by atoms with Crippen molar-refractivity contribution in [1.82, 2.24) is 5.32 Å². The number of benzene rings is 1. The Morgan fingerprint density at radius 1 is 1.45 bits per heavy atom. The lowest BCUT2D eigenvalue weighted by Crippen LogP contribution is -2.41. The van der Waals surface area contributed by atoms with Crippen molar-refractivity contribution < 1.29 is 0 Å². The van der Waals surface area contributed by atoms with Crippen molar-refractivity contribution in [2.45, 2.75) is 39.7 Å². The van der Waals surface area contributed by atoms with Crippen LogP contribution in [0.2, 0.25) is 0 Å². The summed E-state index contributed by atoms with van der Waals surface area (Å²) in [6.07, 6.45) is 2.49. The van der Waals surface area contributed by atoms with Crippen LogP contribution in [-0.2, 0) is 0 Å². The molecule has 0 aliphatic carbocycles. The molecule has 0 amide bonds. The van der Waals surface area contributed by atoms with Gasteiger partial charge in [0.1, 0.15) is 6.07 Å². The highest BCUT2D eigenvalue weighted by Crippen LogP contribution is 2.26. The fraction of sp³-hybridized carbons (Fsp3) is 0.588. The highest BCUT2D eigenvalue weighted by molar-refractivity contribution is 5.60. The average molecular weight is 271 g/mol. The van der Waals surface area contributed by atoms with Crippen LogP contribution in [0.4, 0.5) is 5.69 Å². The molecule has 2 rings (SSSR count). The Morgan fingerprint density at radius 3 is 2.95 bits per heavy atom. The van der Waals surface area contributed by atoms with Crippen molar-refractivity contribution in [3.05, 3.63) is 29.3 Å². The first-order chi connectivity index (χ1) is 9.60. The number of nitrogens with one attached hydrogen (secondary N) is 1. The van der Waals surface area contributed by atoms with Crippen molar-refractivity contribution >= 4 is 5.69 Å². The molecule has 0 radical (unpaired) electrons. The Balaban J connectivity index is 2.07. The van der Waals surface area contributed by atoms with Crippen LogP contribution in [0.3, 0.4) is 0 Å². The van der Waals surface area contributed by atoms with E-state index in [0.717, 1.165) is 36.4 Å². The van der Waals surface area contributed by atoms with Crippen molar-refractivity contribution in [3.63, 3.8) is 0 Å². The lowest BCUT2D eigenvalue weighted by molar-refractivity contribution is 0.379. The van der Waals surface area contributed by atoms with E-state index in [1.807, 2.05) is 13.0 Å². The second kappa shape index (κ2) is 6.76. The molecule has 1 unspecified atom stereocenters. The highest BCUT2D eigenvalue weighted by Gasteiger charge is 2.21. The molecule has 1 aromatic rings. The van der Waals surface area contributed by atoms with Gasteiger partial charge in [0, 0.05) is 19.1 Å². The predicted molar refractivity (Wildman–Crippen MR) is 84.0 cm³/mol. The number of aryl methyl sites for hydroxylation is 1. The summed E-state index contributed by atoms with van der Waals surface area (Å²) in [7, 11) is 0. The molecule has 3 nitrogen and oxygen atoms in total. The zero-order chi connectivity index (χ0) is 14.5. The van der Waals surface area contributed by atoms with Crippen LogP contribution in [0, 0.1) is 24.2 Å². The number of hydrogen-bond acceptors (Lipinski definition) is 3. The summed E-state index contributed by atoms with van der Waals surface area (Å²) < 4.78 is 0. The van der Waals surface area contributed by atoms with Crippen molar-refractivity contribution in [2.75, 3.05) is 24.5 Å². The van der Waals surface area contributed by atoms with E-state index >= 15 is 0 Å². The van der Waals surface area contributed by atoms with E-state index in [1.54, 1.807) is 0 Å². The van der Waals surface area contributed by atoms with Gasteiger partial charge in [-0.3, -0.25) is 0 Å². The second-order valence-corrected chi connectivity index (χ2v) is 6.15. The van der Waals surface area contributed by atoms with Gasteiger partial charge < -0.3 is 10.2 Å². The topological polar surface area (TPSA) is 39.1 Å². The fourth-order valence-corrected chi connectivity index (χ4v) is 2.87. The maximum Gasteiger partial charge on any atom is 0.101 e. The van der Waals surface area contributed by atoms with Crippen LogP contribution in [0.15, 0.2) is 18.2 Å². The first kappa shape index (κ1) is 14.9. The molecule has 1 aliphatic heterocycles. The van der Waals surface area contributed by atoms with Gasteiger partial charge in [-0.05, 0) is 49.9 Å². The Morgan fingerprint density at radius 2 is 2.25 bits per heavy atom. The monoisotopic (exact) mass is 271 g/mol. The van der Waals surface area contributed by atoms with E-state index in [9.17, 15) is 5.26 Å². The third kappa shape index (κ3) is 3.74. The molecule has 1 heterocycles. The number of nitrogens with zero attached hydrogens (tertiary/aromatic N) is 2. The molecule has 0 bridgehead atoms. The van der Waals surface area contributed by atoms with Gasteiger partial charge in [-0.2, -0.15) is 5.26 Å². The van der Waals surface area contributed by atoms with E-state index in [2.05, 4.69) is 42.3 Å². The van der Waals surface area contributed by atoms with Gasteiger partial charge in [-0.1, -0.05) is 19.9 Å². The number of hydrogen-bond donors (Lipinski definition) is 1. The molecule has 0 saturated carbocycles. The Labute approximate surface area is 122 Å². The fourth-order valence-electron chi connectivity index (χ4n) is 2.87. The van der Waals surface area contributed by atoms with Gasteiger partial charge in [0.2, 0.25) is 0 Å². The van der Waals surface area contributed by atoms with Crippen LogP contribution in [0.5, 0.6) is 0 Å². The average Bonchev–Trinajstić information content (AvgIpc) is 2.45. The zero-order valence-corrected chi connectivity index (χ0v) is 12.8. The molecule has 20 heavy (non-hydrogen) atoms. The minimum Gasteiger partial charge on any atom is -0.370 e. The molecule has 3 heteroatoms. The summed E-state index contributed by atoms with van der Waals surface area (Å²) >= 11 is 0. The normalized spacial score (nSPS) is 19.1. The van der Waals surface area contributed by atoms with Crippen molar-refractivity contribution in [2.24, 2.45) is 5.92 Å². The molecular formula is C17H25N3. The number of piperidine rings is 1. The van der Waals surface area contributed by atoms with Crippen molar-refractivity contribution in [1.29, 1.82) is 5.26 Å². The quantitative estimate of drug-likeness (QED) is 0.914. The van der Waals surface area contributed by atoms with Crippen molar-refractivity contribution in [3.8, 4) is 6.07 Å². The molecule has 1 aliphatic rings. The van der Waals surface area contributed by atoms with Gasteiger partial charge in [0.15, 0.2) is 0 Å². The summed E-state index contributed by atoms with van der Waals surface area (Å²) in [5, 5.41) is 12.9. The molecule has 0 spiro atoms. The van der Waals surface area contributed by atoms with Crippen LogP contribution < -0.4 is 10.2 Å². The lowest BCUT2D eigenvalue weighted by Gasteiger charge is -2.35. The lowest BCUT2D eigenvalue weighted by atomic mass is 9.96. The first-order valence-corrected chi connectivity index (χ1v) is 7.59. The number of anilines is 1. The SMILES string of the molecule is Cc1ccc(N2CCCC(CNC(C)C)C2)c(C#N)c1. The number of nitriles is 1. The molecule has 108 valence electrons. The van der Waals surface area contributed by atoms with Crippen LogP contribution in [0.1, 0.15) is 37.8 Å². The minimum atomic E-state index is 0.541. The van der Waals surface area contributed by atoms with E-state index in [-0.39, 0.29) is 0 Å². The van der Waals surface area contributed by atoms with Gasteiger partial charge in [0.25, 0.3) is 0 Å². The third-order valence-electron chi connectivity index (χ3n) is 3.95. The molecule has 1 fully saturated rings. The van der Waals surface area contributed by atoms with Gasteiger partial charge in [-0.25, -0.2) is 0 Å². The van der Waals surface area contributed by atoms with Crippen LogP contribution in [0.25, 0.3) is 0 Å². The molecule has 1 atom stereocenters. The summed E-state index contributed by atoms with van der Waals surface area (Å²) in [6.45, 7) is 9.61. The predicted octanol–water partition coefficient (Wildman–Crippen LogP) is 3.08. The van der Waals surface area contributed by atoms with Crippen LogP contribution in [-0.4, -0.2) is 25.7 Å². The smallest absolute Gasteiger partial charge is 0.101 e. The molecule has 1 saturated heterocycles. The van der Waals surface area contributed by atoms with E-state index in [1.165, 1.54) is 12.8 Å². The highest BCUT2D eigenvalue weighted by atomic mass is 15.1. The van der Waals surface area contributed by atoms with Crippen LogP contribution >= 0.6 is 0 Å². The summed E-state index contributed by atoms with van der Waals surface area (Å²) in [5.74, 6) is 0.680. The molecule has 0 aromatic heterocycles. The maximum atomic E-state index is 9.33. The van der Waals surface area contributed by atoms with E-state index < -0.39 is 0 Å². The zero-order valence-electron chi connectivity index (χ0n) is 12.8. The third-order valence-corrected chi connectivity index (χ3v) is 3.95. The largest absolute Gasteiger partial charge is 0.370 e. The Bertz CT molecular complexity index is 487. The molecule has 1 aromatic carbocycles. The molecule has 1 N–H and O–H groups in total.